The lowest BCUT2D eigenvalue weighted by atomic mass is 10.2. The Morgan fingerprint density at radius 1 is 1.33 bits per heavy atom. The van der Waals surface area contributed by atoms with Crippen molar-refractivity contribution < 1.29 is 31.8 Å². The van der Waals surface area contributed by atoms with E-state index in [2.05, 4.69) is 24.8 Å². The summed E-state index contributed by atoms with van der Waals surface area (Å²) in [5.74, 6) is -1.33. The number of carbonyl (C=O) groups excluding carboxylic acids is 1. The number of amidine groups is 1. The second-order valence-corrected chi connectivity index (χ2v) is 6.14. The van der Waals surface area contributed by atoms with E-state index in [1.807, 2.05) is 0 Å². The zero-order valence-electron chi connectivity index (χ0n) is 15.4. The molecule has 0 radical (unpaired) electrons. The summed E-state index contributed by atoms with van der Waals surface area (Å²) in [5.41, 5.74) is 5.70. The number of nitrogens with two attached hydrogens (primary N) is 1. The van der Waals surface area contributed by atoms with Crippen molar-refractivity contribution in [3.05, 3.63) is 52.6 Å². The van der Waals surface area contributed by atoms with Gasteiger partial charge in [-0.1, -0.05) is 11.6 Å². The molecule has 1 aromatic carbocycles. The molecule has 2 aromatic rings. The minimum absolute atomic E-state index is 0.0519. The number of amides is 1. The first-order valence-electron chi connectivity index (χ1n) is 8.39. The summed E-state index contributed by atoms with van der Waals surface area (Å²) in [6.45, 7) is -2.39. The number of alkyl halides is 3. The van der Waals surface area contributed by atoms with E-state index >= 15 is 0 Å². The normalized spacial score (nSPS) is 11.6. The molecule has 0 spiro atoms. The number of carbonyl (C=O) groups is 1. The number of rotatable bonds is 10. The van der Waals surface area contributed by atoms with Crippen LogP contribution in [0.3, 0.4) is 0 Å². The van der Waals surface area contributed by atoms with Crippen molar-refractivity contribution in [1.82, 2.24) is 4.98 Å². The van der Waals surface area contributed by atoms with Gasteiger partial charge >= 0.3 is 0 Å². The highest BCUT2D eigenvalue weighted by molar-refractivity contribution is 6.34. The summed E-state index contributed by atoms with van der Waals surface area (Å²) in [4.78, 5) is 20.0. The average molecular weight is 449 g/mol. The first-order chi connectivity index (χ1) is 14.3. The van der Waals surface area contributed by atoms with Gasteiger partial charge in [-0.2, -0.15) is 0 Å². The van der Waals surface area contributed by atoms with Crippen LogP contribution < -0.4 is 15.8 Å². The molecule has 1 aromatic heterocycles. The second kappa shape index (κ2) is 11.3. The van der Waals surface area contributed by atoms with Crippen LogP contribution in [0.15, 0.2) is 35.5 Å². The molecule has 7 nitrogen and oxygen atoms in total. The van der Waals surface area contributed by atoms with Gasteiger partial charge in [0.05, 0.1) is 17.8 Å². The lowest BCUT2D eigenvalue weighted by Gasteiger charge is -2.09. The highest BCUT2D eigenvalue weighted by atomic mass is 35.5. The van der Waals surface area contributed by atoms with E-state index in [9.17, 15) is 22.4 Å². The minimum atomic E-state index is -2.63. The van der Waals surface area contributed by atoms with Crippen molar-refractivity contribution in [3.63, 3.8) is 0 Å². The maximum Gasteiger partial charge on any atom is 0.275 e. The Morgan fingerprint density at radius 3 is 2.77 bits per heavy atom. The zero-order valence-corrected chi connectivity index (χ0v) is 16.1. The van der Waals surface area contributed by atoms with Crippen LogP contribution in [0.2, 0.25) is 5.02 Å². The van der Waals surface area contributed by atoms with Gasteiger partial charge in [-0.3, -0.25) is 9.79 Å². The van der Waals surface area contributed by atoms with Crippen LogP contribution in [0.25, 0.3) is 0 Å². The third-order valence-electron chi connectivity index (χ3n) is 3.50. The smallest absolute Gasteiger partial charge is 0.275 e. The van der Waals surface area contributed by atoms with Crippen LogP contribution >= 0.6 is 11.6 Å². The first kappa shape index (κ1) is 23.4. The molecule has 0 saturated heterocycles. The van der Waals surface area contributed by atoms with E-state index in [1.165, 1.54) is 18.2 Å². The third-order valence-corrected chi connectivity index (χ3v) is 3.79. The highest BCUT2D eigenvalue weighted by Gasteiger charge is 2.15. The molecule has 0 fully saturated rings. The van der Waals surface area contributed by atoms with Crippen LogP contribution in [-0.2, 0) is 11.3 Å². The molecule has 2 rings (SSSR count). The van der Waals surface area contributed by atoms with Gasteiger partial charge in [-0.05, 0) is 18.2 Å². The molecule has 0 aliphatic heterocycles. The molecular weight excluding hydrogens is 432 g/mol. The van der Waals surface area contributed by atoms with Gasteiger partial charge in [-0.25, -0.2) is 22.5 Å². The summed E-state index contributed by atoms with van der Waals surface area (Å²) in [6, 6.07) is 4.96. The summed E-state index contributed by atoms with van der Waals surface area (Å²) in [5, 5.41) is 2.43. The molecule has 3 N–H and O–H groups in total. The van der Waals surface area contributed by atoms with Crippen LogP contribution in [0, 0.1) is 5.82 Å². The van der Waals surface area contributed by atoms with Gasteiger partial charge in [0.15, 0.2) is 0 Å². The number of nitrogens with one attached hydrogen (secondary N) is 1. The van der Waals surface area contributed by atoms with E-state index in [1.54, 1.807) is 0 Å². The molecule has 1 heterocycles. The zero-order chi connectivity index (χ0) is 22.1. The summed E-state index contributed by atoms with van der Waals surface area (Å²) in [7, 11) is 0. The fourth-order valence-corrected chi connectivity index (χ4v) is 2.42. The molecule has 0 aliphatic carbocycles. The largest absolute Gasteiger partial charge is 0.461 e. The Hall–Kier alpha value is -2.92. The van der Waals surface area contributed by atoms with Crippen molar-refractivity contribution in [3.8, 4) is 5.75 Å². The topological polar surface area (TPSA) is 98.8 Å². The number of halogens is 5. The molecule has 0 atom stereocenters. The van der Waals surface area contributed by atoms with Gasteiger partial charge in [0, 0.05) is 17.3 Å². The quantitative estimate of drug-likeness (QED) is 0.329. The second-order valence-electron chi connectivity index (χ2n) is 5.73. The molecule has 0 saturated carbocycles. The number of hydrogen-bond donors (Lipinski definition) is 2. The monoisotopic (exact) mass is 448 g/mol. The number of anilines is 1. The maximum atomic E-state index is 14.0. The number of aliphatic imine (C=N–C) groups is 1. The van der Waals surface area contributed by atoms with Crippen molar-refractivity contribution in [1.29, 1.82) is 0 Å². The summed E-state index contributed by atoms with van der Waals surface area (Å²) >= 11 is 5.95. The fourth-order valence-electron chi connectivity index (χ4n) is 2.18. The fraction of sp³-hybridized carbons (Fsp3) is 0.278. The van der Waals surface area contributed by atoms with E-state index in [4.69, 9.17) is 17.3 Å². The number of nitrogens with zero attached hydrogens (tertiary/aromatic N) is 2. The van der Waals surface area contributed by atoms with E-state index in [0.29, 0.717) is 0 Å². The number of benzene rings is 1. The predicted octanol–water partition coefficient (Wildman–Crippen LogP) is 3.57. The molecule has 12 heteroatoms. The maximum absolute atomic E-state index is 14.0. The Labute approximate surface area is 173 Å². The third kappa shape index (κ3) is 7.16. The van der Waals surface area contributed by atoms with E-state index < -0.39 is 31.6 Å². The van der Waals surface area contributed by atoms with Crippen LogP contribution in [0.4, 0.5) is 23.2 Å². The predicted molar refractivity (Wildman–Crippen MR) is 102 cm³/mol. The van der Waals surface area contributed by atoms with Gasteiger partial charge < -0.3 is 20.5 Å². The van der Waals surface area contributed by atoms with Crippen molar-refractivity contribution in [2.75, 3.05) is 25.4 Å². The van der Waals surface area contributed by atoms with Gasteiger partial charge in [-0.15, -0.1) is 0 Å². The Kier molecular flexibility index (Phi) is 8.81. The Balaban J connectivity index is 2.05. The molecule has 1 amide bonds. The number of hydrogen-bond acceptors (Lipinski definition) is 5. The van der Waals surface area contributed by atoms with Crippen molar-refractivity contribution in [2.24, 2.45) is 10.7 Å². The lowest BCUT2D eigenvalue weighted by molar-refractivity contribution is 0.0321. The van der Waals surface area contributed by atoms with E-state index in [0.717, 1.165) is 12.3 Å². The average Bonchev–Trinajstić information content (AvgIpc) is 2.68. The molecule has 0 bridgehead atoms. The Morgan fingerprint density at radius 2 is 2.10 bits per heavy atom. The van der Waals surface area contributed by atoms with Gasteiger partial charge in [0.25, 0.3) is 12.3 Å². The standard InChI is InChI=1S/C18H17ClF4N4O3/c19-13-4-12(30-9-20)6-26-17(13)18(28)27-11-1-2-14(21)10(3-11)5-25-16(24)8-29-7-15(22)23/h1-4,6,15H,5,7-9H2,(H2,24,25)(H,27,28). The summed E-state index contributed by atoms with van der Waals surface area (Å²) < 4.78 is 59.4. The van der Waals surface area contributed by atoms with Gasteiger partial charge in [0.2, 0.25) is 6.86 Å². The van der Waals surface area contributed by atoms with Crippen LogP contribution in [-0.4, -0.2) is 43.2 Å². The van der Waals surface area contributed by atoms with Gasteiger partial charge in [0.1, 0.15) is 36.3 Å². The van der Waals surface area contributed by atoms with E-state index in [-0.39, 0.29) is 46.7 Å². The minimum Gasteiger partial charge on any atom is -0.461 e. The molecule has 0 aliphatic rings. The number of pyridine rings is 1. The molecule has 0 unspecified atom stereocenters. The highest BCUT2D eigenvalue weighted by Crippen LogP contribution is 2.22. The van der Waals surface area contributed by atoms with Crippen LogP contribution in [0.1, 0.15) is 16.1 Å². The number of ether oxygens (including phenoxy) is 2. The lowest BCUT2D eigenvalue weighted by Crippen LogP contribution is -2.21. The molecular formula is C18H17ClF4N4O3. The molecule has 30 heavy (non-hydrogen) atoms. The SMILES string of the molecule is NC(COCC(F)F)=NCc1cc(NC(=O)c2ncc(OCF)cc2Cl)ccc1F. The van der Waals surface area contributed by atoms with Crippen molar-refractivity contribution >= 4 is 29.0 Å². The first-order valence-corrected chi connectivity index (χ1v) is 8.76. The van der Waals surface area contributed by atoms with Crippen molar-refractivity contribution in [2.45, 2.75) is 13.0 Å². The molecule has 162 valence electrons. The van der Waals surface area contributed by atoms with Crippen LogP contribution in [0.5, 0.6) is 5.75 Å². The Bertz CT molecular complexity index is 915. The summed E-state index contributed by atoms with van der Waals surface area (Å²) in [6.07, 6.45) is -1.50. The number of aromatic nitrogens is 1.